The van der Waals surface area contributed by atoms with Crippen molar-refractivity contribution in [3.05, 3.63) is 71.4 Å². The molecule has 0 spiro atoms. The first-order valence-electron chi connectivity index (χ1n) is 11.6. The molecule has 1 atom stereocenters. The Hall–Kier alpha value is -3.13. The third kappa shape index (κ3) is 5.50. The lowest BCUT2D eigenvalue weighted by Gasteiger charge is -2.27. The molecule has 0 radical (unpaired) electrons. The van der Waals surface area contributed by atoms with Gasteiger partial charge in [0.2, 0.25) is 0 Å². The summed E-state index contributed by atoms with van der Waals surface area (Å²) in [6, 6.07) is 16.7. The SMILES string of the molecule is CCOc1ccc(-c2cc(C(=O)N(Cc3ccc(C(C)C)cc3)C3CCS(=O)(=O)C3)no2)cc1. The van der Waals surface area contributed by atoms with Crippen LogP contribution in [0, 0.1) is 0 Å². The summed E-state index contributed by atoms with van der Waals surface area (Å²) in [5.74, 6) is 1.33. The number of hydrogen-bond donors (Lipinski definition) is 0. The highest BCUT2D eigenvalue weighted by Crippen LogP contribution is 2.27. The number of carbonyl (C=O) groups is 1. The van der Waals surface area contributed by atoms with Crippen molar-refractivity contribution in [2.24, 2.45) is 0 Å². The molecular weight excluding hydrogens is 452 g/mol. The second kappa shape index (κ2) is 10.0. The standard InChI is InChI=1S/C26H30N2O5S/c1-4-32-23-11-9-21(10-12-23)25-15-24(27-33-25)26(29)28(22-13-14-34(30,31)17-22)16-19-5-7-20(8-6-19)18(2)3/h5-12,15,18,22H,4,13-14,16-17H2,1-3H3. The van der Waals surface area contributed by atoms with Crippen LogP contribution in [-0.2, 0) is 16.4 Å². The predicted octanol–water partition coefficient (Wildman–Crippen LogP) is 4.69. The molecular formula is C26H30N2O5S. The quantitative estimate of drug-likeness (QED) is 0.463. The van der Waals surface area contributed by atoms with Gasteiger partial charge >= 0.3 is 0 Å². The van der Waals surface area contributed by atoms with Gasteiger partial charge in [-0.05, 0) is 54.7 Å². The smallest absolute Gasteiger partial charge is 0.276 e. The van der Waals surface area contributed by atoms with Gasteiger partial charge in [0, 0.05) is 24.2 Å². The minimum Gasteiger partial charge on any atom is -0.494 e. The summed E-state index contributed by atoms with van der Waals surface area (Å²) in [7, 11) is -3.16. The fourth-order valence-corrected chi connectivity index (χ4v) is 5.86. The average Bonchev–Trinajstić information content (AvgIpc) is 3.45. The van der Waals surface area contributed by atoms with Crippen molar-refractivity contribution >= 4 is 15.7 Å². The molecule has 0 N–H and O–H groups in total. The highest BCUT2D eigenvalue weighted by molar-refractivity contribution is 7.91. The molecule has 0 saturated carbocycles. The highest BCUT2D eigenvalue weighted by atomic mass is 32.2. The summed E-state index contributed by atoms with van der Waals surface area (Å²) in [5, 5.41) is 4.01. The zero-order valence-electron chi connectivity index (χ0n) is 19.7. The van der Waals surface area contributed by atoms with Crippen molar-refractivity contribution in [2.45, 2.75) is 45.7 Å². The number of benzene rings is 2. The predicted molar refractivity (Wildman–Crippen MR) is 131 cm³/mol. The van der Waals surface area contributed by atoms with E-state index in [1.165, 1.54) is 5.56 Å². The maximum atomic E-state index is 13.5. The van der Waals surface area contributed by atoms with E-state index < -0.39 is 15.9 Å². The van der Waals surface area contributed by atoms with E-state index in [0.717, 1.165) is 16.9 Å². The minimum absolute atomic E-state index is 0.0353. The van der Waals surface area contributed by atoms with Gasteiger partial charge in [0.15, 0.2) is 21.3 Å². The zero-order chi connectivity index (χ0) is 24.3. The van der Waals surface area contributed by atoms with Crippen LogP contribution in [0.15, 0.2) is 59.1 Å². The van der Waals surface area contributed by atoms with Gasteiger partial charge in [-0.3, -0.25) is 4.79 Å². The van der Waals surface area contributed by atoms with Gasteiger partial charge in [-0.1, -0.05) is 43.3 Å². The zero-order valence-corrected chi connectivity index (χ0v) is 20.5. The molecule has 1 aliphatic rings. The largest absolute Gasteiger partial charge is 0.494 e. The number of sulfone groups is 1. The molecule has 0 aliphatic carbocycles. The van der Waals surface area contributed by atoms with Crippen LogP contribution in [0.1, 0.15) is 54.7 Å². The molecule has 1 unspecified atom stereocenters. The van der Waals surface area contributed by atoms with Crippen LogP contribution in [-0.4, -0.2) is 48.5 Å². The van der Waals surface area contributed by atoms with Crippen LogP contribution in [0.25, 0.3) is 11.3 Å². The van der Waals surface area contributed by atoms with Crippen LogP contribution in [0.4, 0.5) is 0 Å². The molecule has 1 fully saturated rings. The van der Waals surface area contributed by atoms with Gasteiger partial charge in [-0.15, -0.1) is 0 Å². The number of nitrogens with zero attached hydrogens (tertiary/aromatic N) is 2. The number of ether oxygens (including phenoxy) is 1. The molecule has 1 aromatic heterocycles. The Morgan fingerprint density at radius 3 is 2.44 bits per heavy atom. The van der Waals surface area contributed by atoms with E-state index in [1.54, 1.807) is 11.0 Å². The summed E-state index contributed by atoms with van der Waals surface area (Å²) >= 11 is 0. The second-order valence-electron chi connectivity index (χ2n) is 8.92. The summed E-state index contributed by atoms with van der Waals surface area (Å²) in [6.07, 6.45) is 0.418. The first-order valence-corrected chi connectivity index (χ1v) is 13.4. The monoisotopic (exact) mass is 482 g/mol. The number of rotatable bonds is 8. The molecule has 0 bridgehead atoms. The van der Waals surface area contributed by atoms with Gasteiger partial charge in [0.25, 0.3) is 5.91 Å². The van der Waals surface area contributed by atoms with E-state index in [0.29, 0.717) is 31.3 Å². The number of aromatic nitrogens is 1. The van der Waals surface area contributed by atoms with E-state index in [-0.39, 0.29) is 23.1 Å². The van der Waals surface area contributed by atoms with Crippen molar-refractivity contribution in [2.75, 3.05) is 18.1 Å². The van der Waals surface area contributed by atoms with E-state index in [4.69, 9.17) is 9.26 Å². The molecule has 8 heteroatoms. The molecule has 2 heterocycles. The Balaban J connectivity index is 1.58. The summed E-state index contributed by atoms with van der Waals surface area (Å²) in [6.45, 7) is 7.06. The Kier molecular flexibility index (Phi) is 7.07. The van der Waals surface area contributed by atoms with Gasteiger partial charge in [-0.25, -0.2) is 8.42 Å². The lowest BCUT2D eigenvalue weighted by atomic mass is 10.0. The molecule has 34 heavy (non-hydrogen) atoms. The molecule has 4 rings (SSSR count). The number of carbonyl (C=O) groups excluding carboxylic acids is 1. The van der Waals surface area contributed by atoms with E-state index >= 15 is 0 Å². The minimum atomic E-state index is -3.16. The normalized spacial score (nSPS) is 17.1. The van der Waals surface area contributed by atoms with Crippen molar-refractivity contribution in [1.82, 2.24) is 10.1 Å². The third-order valence-electron chi connectivity index (χ3n) is 6.09. The van der Waals surface area contributed by atoms with Gasteiger partial charge in [0.05, 0.1) is 18.1 Å². The molecule has 7 nitrogen and oxygen atoms in total. The van der Waals surface area contributed by atoms with E-state index in [1.807, 2.05) is 55.5 Å². The molecule has 1 saturated heterocycles. The summed E-state index contributed by atoms with van der Waals surface area (Å²) < 4.78 is 35.2. The van der Waals surface area contributed by atoms with Crippen molar-refractivity contribution in [1.29, 1.82) is 0 Å². The van der Waals surface area contributed by atoms with Crippen molar-refractivity contribution < 1.29 is 22.5 Å². The lowest BCUT2D eigenvalue weighted by molar-refractivity contribution is 0.0670. The Labute approximate surface area is 200 Å². The topological polar surface area (TPSA) is 89.7 Å². The number of amides is 1. The Bertz CT molecular complexity index is 1230. The molecule has 1 aliphatic heterocycles. The van der Waals surface area contributed by atoms with Crippen LogP contribution in [0.2, 0.25) is 0 Å². The second-order valence-corrected chi connectivity index (χ2v) is 11.1. The van der Waals surface area contributed by atoms with Crippen molar-refractivity contribution in [3.8, 4) is 17.1 Å². The molecule has 1 amide bonds. The van der Waals surface area contributed by atoms with Crippen molar-refractivity contribution in [3.63, 3.8) is 0 Å². The molecule has 180 valence electrons. The fraction of sp³-hybridized carbons (Fsp3) is 0.385. The Morgan fingerprint density at radius 1 is 1.15 bits per heavy atom. The summed E-state index contributed by atoms with van der Waals surface area (Å²) in [5.41, 5.74) is 3.08. The van der Waals surface area contributed by atoms with E-state index in [9.17, 15) is 13.2 Å². The van der Waals surface area contributed by atoms with Gasteiger partial charge in [-0.2, -0.15) is 0 Å². The summed E-state index contributed by atoms with van der Waals surface area (Å²) in [4.78, 5) is 15.1. The highest BCUT2D eigenvalue weighted by Gasteiger charge is 2.36. The first-order chi connectivity index (χ1) is 16.3. The maximum absolute atomic E-state index is 13.5. The molecule has 2 aromatic carbocycles. The third-order valence-corrected chi connectivity index (χ3v) is 7.84. The fourth-order valence-electron chi connectivity index (χ4n) is 4.13. The van der Waals surface area contributed by atoms with Crippen LogP contribution in [0.5, 0.6) is 5.75 Å². The number of hydrogen-bond acceptors (Lipinski definition) is 6. The van der Waals surface area contributed by atoms with Crippen LogP contribution < -0.4 is 4.74 Å². The van der Waals surface area contributed by atoms with Crippen LogP contribution >= 0.6 is 0 Å². The average molecular weight is 483 g/mol. The Morgan fingerprint density at radius 2 is 1.85 bits per heavy atom. The molecule has 3 aromatic rings. The van der Waals surface area contributed by atoms with Gasteiger partial charge in [0.1, 0.15) is 5.75 Å². The first kappa shape index (κ1) is 24.0. The maximum Gasteiger partial charge on any atom is 0.276 e. The lowest BCUT2D eigenvalue weighted by Crippen LogP contribution is -2.40. The van der Waals surface area contributed by atoms with Gasteiger partial charge < -0.3 is 14.2 Å². The van der Waals surface area contributed by atoms with Crippen LogP contribution in [0.3, 0.4) is 0 Å². The van der Waals surface area contributed by atoms with E-state index in [2.05, 4.69) is 19.0 Å².